The average molecular weight is 382 g/mol. The van der Waals surface area contributed by atoms with Gasteiger partial charge >= 0.3 is 0 Å². The number of fused-ring (bicyclic) bond motifs is 2. The van der Waals surface area contributed by atoms with Gasteiger partial charge in [-0.2, -0.15) is 5.10 Å². The first-order valence-corrected chi connectivity index (χ1v) is 9.41. The highest BCUT2D eigenvalue weighted by Crippen LogP contribution is 2.32. The van der Waals surface area contributed by atoms with Crippen molar-refractivity contribution in [2.45, 2.75) is 6.92 Å². The maximum absolute atomic E-state index is 4.59. The predicted octanol–water partition coefficient (Wildman–Crippen LogP) is 3.05. The van der Waals surface area contributed by atoms with Gasteiger partial charge in [0.25, 0.3) is 0 Å². The van der Waals surface area contributed by atoms with Gasteiger partial charge in [-0.25, -0.2) is 15.4 Å². The lowest BCUT2D eigenvalue weighted by Crippen LogP contribution is -2.20. The highest BCUT2D eigenvalue weighted by Gasteiger charge is 2.16. The largest absolute Gasteiger partial charge is 0.353 e. The molecule has 5 aromatic rings. The van der Waals surface area contributed by atoms with Gasteiger partial charge in [0.2, 0.25) is 0 Å². The summed E-state index contributed by atoms with van der Waals surface area (Å²) in [6, 6.07) is 10.4. The van der Waals surface area contributed by atoms with E-state index in [2.05, 4.69) is 60.3 Å². The number of imidazole rings is 1. The third-order valence-electron chi connectivity index (χ3n) is 5.30. The molecule has 5 heterocycles. The second kappa shape index (κ2) is 6.05. The van der Waals surface area contributed by atoms with E-state index >= 15 is 0 Å². The van der Waals surface area contributed by atoms with Crippen molar-refractivity contribution in [1.29, 1.82) is 0 Å². The van der Waals surface area contributed by atoms with Crippen LogP contribution in [0.2, 0.25) is 0 Å². The van der Waals surface area contributed by atoms with Crippen LogP contribution < -0.4 is 10.9 Å². The molecule has 4 N–H and O–H groups in total. The summed E-state index contributed by atoms with van der Waals surface area (Å²) in [5, 5.41) is 9.84. The molecule has 0 fully saturated rings. The number of aromatic amines is 2. The number of H-pyrrole nitrogens is 2. The second-order valence-electron chi connectivity index (χ2n) is 7.20. The van der Waals surface area contributed by atoms with Crippen LogP contribution in [0.3, 0.4) is 0 Å². The minimum Gasteiger partial charge on any atom is -0.353 e. The number of benzene rings is 1. The lowest BCUT2D eigenvalue weighted by atomic mass is 10.0. The van der Waals surface area contributed by atoms with Crippen LogP contribution in [0.25, 0.3) is 44.6 Å². The van der Waals surface area contributed by atoms with Crippen molar-refractivity contribution >= 4 is 27.4 Å². The fourth-order valence-electron chi connectivity index (χ4n) is 3.85. The predicted molar refractivity (Wildman–Crippen MR) is 112 cm³/mol. The molecule has 8 nitrogen and oxygen atoms in total. The highest BCUT2D eigenvalue weighted by atomic mass is 15.4. The van der Waals surface area contributed by atoms with E-state index in [-0.39, 0.29) is 0 Å². The molecule has 0 atom stereocenters. The zero-order valence-corrected chi connectivity index (χ0v) is 15.7. The summed E-state index contributed by atoms with van der Waals surface area (Å²) in [5.41, 5.74) is 13.4. The van der Waals surface area contributed by atoms with Crippen LogP contribution >= 0.6 is 0 Å². The van der Waals surface area contributed by atoms with Gasteiger partial charge in [0, 0.05) is 35.9 Å². The zero-order valence-electron chi connectivity index (χ0n) is 15.7. The normalized spacial score (nSPS) is 13.9. The van der Waals surface area contributed by atoms with E-state index in [1.54, 1.807) is 12.5 Å². The van der Waals surface area contributed by atoms with E-state index in [1.165, 1.54) is 11.1 Å². The topological polar surface area (TPSA) is 99.2 Å². The first kappa shape index (κ1) is 16.1. The Hall–Kier alpha value is -3.91. The first-order valence-electron chi connectivity index (χ1n) is 9.41. The summed E-state index contributed by atoms with van der Waals surface area (Å²) in [6.45, 7) is 2.77. The highest BCUT2D eigenvalue weighted by molar-refractivity contribution is 5.98. The Labute approximate surface area is 165 Å². The van der Waals surface area contributed by atoms with Crippen molar-refractivity contribution in [3.05, 3.63) is 66.5 Å². The third-order valence-corrected chi connectivity index (χ3v) is 5.30. The fraction of sp³-hybridized carbons (Fsp3) is 0.0952. The maximum atomic E-state index is 4.59. The van der Waals surface area contributed by atoms with Gasteiger partial charge in [-0.15, -0.1) is 0 Å². The molecule has 1 aliphatic heterocycles. The van der Waals surface area contributed by atoms with Crippen LogP contribution in [0, 0.1) is 6.92 Å². The number of aryl methyl sites for hydroxylation is 1. The molecule has 0 radical (unpaired) electrons. The molecule has 142 valence electrons. The minimum atomic E-state index is 0.796. The summed E-state index contributed by atoms with van der Waals surface area (Å²) in [7, 11) is 0. The van der Waals surface area contributed by atoms with Crippen LogP contribution in [0.5, 0.6) is 0 Å². The van der Waals surface area contributed by atoms with Crippen molar-refractivity contribution in [3.8, 4) is 17.2 Å². The Morgan fingerprint density at radius 1 is 1.03 bits per heavy atom. The average Bonchev–Trinajstić information content (AvgIpc) is 3.51. The number of nitrogens with one attached hydrogen (secondary N) is 4. The van der Waals surface area contributed by atoms with E-state index in [0.29, 0.717) is 0 Å². The van der Waals surface area contributed by atoms with Crippen molar-refractivity contribution in [2.24, 2.45) is 0 Å². The molecule has 0 spiro atoms. The van der Waals surface area contributed by atoms with Gasteiger partial charge in [-0.3, -0.25) is 9.67 Å². The molecule has 0 unspecified atom stereocenters. The Morgan fingerprint density at radius 3 is 2.83 bits per heavy atom. The SMILES string of the molecule is Cc1cn(-c2nccc3[nH]c(-c4n[nH]c5ccc(C6=CNNC6)cc45)cc23)cn1. The van der Waals surface area contributed by atoms with Gasteiger partial charge < -0.3 is 10.4 Å². The molecule has 0 saturated carbocycles. The number of hydrazine groups is 1. The number of pyridine rings is 1. The number of hydrogen-bond donors (Lipinski definition) is 4. The van der Waals surface area contributed by atoms with Gasteiger partial charge in [0.05, 0.1) is 22.4 Å². The molecular weight excluding hydrogens is 364 g/mol. The number of hydrogen-bond acceptors (Lipinski definition) is 5. The van der Waals surface area contributed by atoms with Crippen LogP contribution in [0.15, 0.2) is 55.3 Å². The summed E-state index contributed by atoms with van der Waals surface area (Å²) in [4.78, 5) is 12.4. The van der Waals surface area contributed by atoms with E-state index < -0.39 is 0 Å². The molecule has 6 rings (SSSR count). The zero-order chi connectivity index (χ0) is 19.4. The molecule has 0 amide bonds. The van der Waals surface area contributed by atoms with Crippen molar-refractivity contribution in [2.75, 3.05) is 6.54 Å². The van der Waals surface area contributed by atoms with Crippen LogP contribution in [-0.2, 0) is 0 Å². The lowest BCUT2D eigenvalue weighted by Gasteiger charge is -2.02. The third kappa shape index (κ3) is 2.54. The van der Waals surface area contributed by atoms with E-state index in [0.717, 1.165) is 51.3 Å². The molecular formula is C21H18N8. The summed E-state index contributed by atoms with van der Waals surface area (Å²) in [6.07, 6.45) is 7.56. The van der Waals surface area contributed by atoms with Crippen molar-refractivity contribution in [1.82, 2.24) is 40.6 Å². The maximum Gasteiger partial charge on any atom is 0.147 e. The number of aromatic nitrogens is 6. The summed E-state index contributed by atoms with van der Waals surface area (Å²) in [5.74, 6) is 0.847. The van der Waals surface area contributed by atoms with Crippen LogP contribution in [-0.4, -0.2) is 36.3 Å². The Morgan fingerprint density at radius 2 is 2.00 bits per heavy atom. The molecule has 4 aromatic heterocycles. The monoisotopic (exact) mass is 382 g/mol. The second-order valence-corrected chi connectivity index (χ2v) is 7.20. The molecule has 8 heteroatoms. The Bertz CT molecular complexity index is 1400. The molecule has 0 aliphatic carbocycles. The number of rotatable bonds is 3. The molecule has 0 saturated heterocycles. The Balaban J connectivity index is 1.51. The minimum absolute atomic E-state index is 0.796. The van der Waals surface area contributed by atoms with Crippen molar-refractivity contribution < 1.29 is 0 Å². The Kier molecular flexibility index (Phi) is 3.35. The summed E-state index contributed by atoms with van der Waals surface area (Å²) < 4.78 is 1.95. The lowest BCUT2D eigenvalue weighted by molar-refractivity contribution is 0.730. The molecule has 29 heavy (non-hydrogen) atoms. The van der Waals surface area contributed by atoms with Gasteiger partial charge in [-0.1, -0.05) is 6.07 Å². The molecule has 0 bridgehead atoms. The molecule has 1 aromatic carbocycles. The van der Waals surface area contributed by atoms with Crippen LogP contribution in [0.4, 0.5) is 0 Å². The van der Waals surface area contributed by atoms with Crippen LogP contribution in [0.1, 0.15) is 11.3 Å². The smallest absolute Gasteiger partial charge is 0.147 e. The van der Waals surface area contributed by atoms with Gasteiger partial charge in [0.15, 0.2) is 0 Å². The van der Waals surface area contributed by atoms with E-state index in [9.17, 15) is 0 Å². The number of nitrogens with zero attached hydrogens (tertiary/aromatic N) is 4. The first-order chi connectivity index (χ1) is 14.3. The van der Waals surface area contributed by atoms with Crippen molar-refractivity contribution in [3.63, 3.8) is 0 Å². The van der Waals surface area contributed by atoms with Gasteiger partial charge in [-0.05, 0) is 42.3 Å². The van der Waals surface area contributed by atoms with E-state index in [4.69, 9.17) is 0 Å². The standard InChI is InChI=1S/C21H18N8/c1-12-10-29(11-23-12)21-16-7-19(26-17(16)4-5-22-21)20-15-6-13(14-8-24-25-9-14)2-3-18(15)27-28-20/h2-8,10-11,24-26H,9H2,1H3,(H,27,28). The summed E-state index contributed by atoms with van der Waals surface area (Å²) >= 11 is 0. The molecule has 1 aliphatic rings. The van der Waals surface area contributed by atoms with E-state index in [1.807, 2.05) is 30.0 Å². The quantitative estimate of drug-likeness (QED) is 0.384. The fourth-order valence-corrected chi connectivity index (χ4v) is 3.85. The van der Waals surface area contributed by atoms with Gasteiger partial charge in [0.1, 0.15) is 17.8 Å².